The minimum absolute atomic E-state index is 0.770. The summed E-state index contributed by atoms with van der Waals surface area (Å²) in [6.45, 7) is 0. The number of hydrogen-bond donors (Lipinski definition) is 0. The minimum atomic E-state index is 0.770. The lowest BCUT2D eigenvalue weighted by atomic mass is 9.89. The molecule has 102 valence electrons. The van der Waals surface area contributed by atoms with Crippen molar-refractivity contribution in [2.45, 2.75) is 6.42 Å². The lowest BCUT2D eigenvalue weighted by molar-refractivity contribution is -0.104. The third kappa shape index (κ3) is 3.09. The van der Waals surface area contributed by atoms with E-state index >= 15 is 0 Å². The molecule has 0 saturated carbocycles. The van der Waals surface area contributed by atoms with E-state index in [1.807, 2.05) is 54.6 Å². The standard InChI is InChI=1S/C20H16O/c21-15-19-12-11-17(13-16-7-3-1-4-8-16)14-20(19)18-9-5-2-6-10-18/h1-10,12-15H,11H2. The zero-order chi connectivity index (χ0) is 14.5. The van der Waals surface area contributed by atoms with Crippen LogP contribution in [0.25, 0.3) is 11.6 Å². The molecule has 0 spiro atoms. The van der Waals surface area contributed by atoms with Gasteiger partial charge in [-0.1, -0.05) is 78.9 Å². The first-order chi connectivity index (χ1) is 10.4. The van der Waals surface area contributed by atoms with E-state index in [2.05, 4.69) is 24.3 Å². The van der Waals surface area contributed by atoms with Crippen LogP contribution in [0.4, 0.5) is 0 Å². The van der Waals surface area contributed by atoms with E-state index in [4.69, 9.17) is 0 Å². The summed E-state index contributed by atoms with van der Waals surface area (Å²) >= 11 is 0. The van der Waals surface area contributed by atoms with Gasteiger partial charge in [0.1, 0.15) is 6.29 Å². The van der Waals surface area contributed by atoms with Gasteiger partial charge >= 0.3 is 0 Å². The quantitative estimate of drug-likeness (QED) is 0.741. The molecule has 0 radical (unpaired) electrons. The number of carbonyl (C=O) groups excluding carboxylic acids is 1. The Kier molecular flexibility index (Phi) is 3.92. The van der Waals surface area contributed by atoms with Crippen molar-refractivity contribution >= 4 is 17.9 Å². The molecular formula is C20H16O. The van der Waals surface area contributed by atoms with Gasteiger partial charge in [-0.3, -0.25) is 4.79 Å². The summed E-state index contributed by atoms with van der Waals surface area (Å²) in [5, 5.41) is 0. The second-order valence-corrected chi connectivity index (χ2v) is 5.04. The van der Waals surface area contributed by atoms with Crippen LogP contribution in [0.5, 0.6) is 0 Å². The van der Waals surface area contributed by atoms with Crippen molar-refractivity contribution in [1.82, 2.24) is 0 Å². The van der Waals surface area contributed by atoms with Crippen molar-refractivity contribution < 1.29 is 4.79 Å². The summed E-state index contributed by atoms with van der Waals surface area (Å²) in [7, 11) is 0. The Morgan fingerprint density at radius 1 is 0.857 bits per heavy atom. The van der Waals surface area contributed by atoms with Gasteiger partial charge in [0.25, 0.3) is 0 Å². The summed E-state index contributed by atoms with van der Waals surface area (Å²) in [6.07, 6.45) is 8.02. The van der Waals surface area contributed by atoms with E-state index < -0.39 is 0 Å². The number of hydrogen-bond acceptors (Lipinski definition) is 1. The number of allylic oxidation sites excluding steroid dienone is 5. The van der Waals surface area contributed by atoms with Crippen LogP contribution in [0.2, 0.25) is 0 Å². The first-order valence-corrected chi connectivity index (χ1v) is 7.05. The minimum Gasteiger partial charge on any atom is -0.298 e. The van der Waals surface area contributed by atoms with Crippen molar-refractivity contribution in [2.24, 2.45) is 0 Å². The molecule has 0 fully saturated rings. The van der Waals surface area contributed by atoms with Crippen LogP contribution in [-0.2, 0) is 4.79 Å². The molecule has 0 heterocycles. The van der Waals surface area contributed by atoms with E-state index in [9.17, 15) is 4.79 Å². The van der Waals surface area contributed by atoms with Crippen LogP contribution in [0.15, 0.2) is 84.0 Å². The zero-order valence-electron chi connectivity index (χ0n) is 11.7. The molecule has 21 heavy (non-hydrogen) atoms. The SMILES string of the molecule is O=CC1=CCC(=Cc2ccccc2)C=C1c1ccccc1. The van der Waals surface area contributed by atoms with Crippen LogP contribution < -0.4 is 0 Å². The average molecular weight is 272 g/mol. The molecule has 1 aliphatic carbocycles. The molecule has 2 aromatic rings. The largest absolute Gasteiger partial charge is 0.298 e. The molecule has 0 aliphatic heterocycles. The highest BCUT2D eigenvalue weighted by Gasteiger charge is 2.12. The summed E-state index contributed by atoms with van der Waals surface area (Å²) < 4.78 is 0. The Labute approximate surface area is 124 Å². The second kappa shape index (κ2) is 6.19. The maximum atomic E-state index is 11.3. The third-order valence-corrected chi connectivity index (χ3v) is 3.56. The van der Waals surface area contributed by atoms with Gasteiger partial charge in [-0.2, -0.15) is 0 Å². The molecular weight excluding hydrogens is 256 g/mol. The molecule has 1 nitrogen and oxygen atoms in total. The molecule has 0 unspecified atom stereocenters. The van der Waals surface area contributed by atoms with Crippen molar-refractivity contribution in [2.75, 3.05) is 0 Å². The highest BCUT2D eigenvalue weighted by molar-refractivity contribution is 6.00. The molecule has 0 amide bonds. The maximum absolute atomic E-state index is 11.3. The molecule has 0 aromatic heterocycles. The van der Waals surface area contributed by atoms with Gasteiger partial charge in [-0.15, -0.1) is 0 Å². The molecule has 1 aliphatic rings. The van der Waals surface area contributed by atoms with Gasteiger partial charge in [0, 0.05) is 5.57 Å². The Morgan fingerprint density at radius 2 is 1.52 bits per heavy atom. The fraction of sp³-hybridized carbons (Fsp3) is 0.0500. The lowest BCUT2D eigenvalue weighted by Gasteiger charge is -2.14. The predicted octanol–water partition coefficient (Wildman–Crippen LogP) is 4.68. The zero-order valence-corrected chi connectivity index (χ0v) is 11.7. The fourth-order valence-corrected chi connectivity index (χ4v) is 2.51. The Hall–Kier alpha value is -2.67. The van der Waals surface area contributed by atoms with Gasteiger partial charge in [-0.25, -0.2) is 0 Å². The van der Waals surface area contributed by atoms with Crippen molar-refractivity contribution in [3.05, 3.63) is 95.1 Å². The average Bonchev–Trinajstić information content (AvgIpc) is 2.56. The first kappa shape index (κ1) is 13.3. The van der Waals surface area contributed by atoms with E-state index in [0.29, 0.717) is 0 Å². The molecule has 0 bridgehead atoms. The van der Waals surface area contributed by atoms with E-state index in [0.717, 1.165) is 29.4 Å². The van der Waals surface area contributed by atoms with E-state index in [-0.39, 0.29) is 0 Å². The Balaban J connectivity index is 2.00. The van der Waals surface area contributed by atoms with Crippen LogP contribution in [0.1, 0.15) is 17.5 Å². The monoisotopic (exact) mass is 272 g/mol. The summed E-state index contributed by atoms with van der Waals surface area (Å²) in [5.41, 5.74) is 5.24. The Bertz CT molecular complexity index is 719. The highest BCUT2D eigenvalue weighted by Crippen LogP contribution is 2.30. The fourth-order valence-electron chi connectivity index (χ4n) is 2.51. The molecule has 0 N–H and O–H groups in total. The van der Waals surface area contributed by atoms with Crippen LogP contribution in [0.3, 0.4) is 0 Å². The molecule has 0 saturated heterocycles. The van der Waals surface area contributed by atoms with Crippen LogP contribution >= 0.6 is 0 Å². The maximum Gasteiger partial charge on any atom is 0.150 e. The van der Waals surface area contributed by atoms with E-state index in [1.54, 1.807) is 0 Å². The molecule has 2 aromatic carbocycles. The van der Waals surface area contributed by atoms with Crippen molar-refractivity contribution in [3.8, 4) is 0 Å². The van der Waals surface area contributed by atoms with Gasteiger partial charge in [-0.05, 0) is 28.7 Å². The topological polar surface area (TPSA) is 17.1 Å². The summed E-state index contributed by atoms with van der Waals surface area (Å²) in [4.78, 5) is 11.3. The normalized spacial score (nSPS) is 16.3. The van der Waals surface area contributed by atoms with E-state index in [1.165, 1.54) is 11.1 Å². The first-order valence-electron chi connectivity index (χ1n) is 7.05. The number of carbonyl (C=O) groups is 1. The van der Waals surface area contributed by atoms with Crippen LogP contribution in [-0.4, -0.2) is 6.29 Å². The van der Waals surface area contributed by atoms with Crippen molar-refractivity contribution in [1.29, 1.82) is 0 Å². The van der Waals surface area contributed by atoms with Crippen LogP contribution in [0, 0.1) is 0 Å². The molecule has 1 heteroatoms. The summed E-state index contributed by atoms with van der Waals surface area (Å²) in [6, 6.07) is 20.3. The van der Waals surface area contributed by atoms with Gasteiger partial charge in [0.2, 0.25) is 0 Å². The number of aldehydes is 1. The molecule has 3 rings (SSSR count). The van der Waals surface area contributed by atoms with Gasteiger partial charge < -0.3 is 0 Å². The highest BCUT2D eigenvalue weighted by atomic mass is 16.1. The van der Waals surface area contributed by atoms with Crippen molar-refractivity contribution in [3.63, 3.8) is 0 Å². The molecule has 0 atom stereocenters. The third-order valence-electron chi connectivity index (χ3n) is 3.56. The van der Waals surface area contributed by atoms with Gasteiger partial charge in [0.05, 0.1) is 0 Å². The number of benzene rings is 2. The number of rotatable bonds is 3. The predicted molar refractivity (Wildman–Crippen MR) is 87.6 cm³/mol. The lowest BCUT2D eigenvalue weighted by Crippen LogP contribution is -1.98. The Morgan fingerprint density at radius 3 is 2.19 bits per heavy atom. The second-order valence-electron chi connectivity index (χ2n) is 5.04. The summed E-state index contributed by atoms with van der Waals surface area (Å²) in [5.74, 6) is 0. The van der Waals surface area contributed by atoms with Gasteiger partial charge in [0.15, 0.2) is 0 Å². The smallest absolute Gasteiger partial charge is 0.150 e.